The Kier molecular flexibility index (Phi) is 5.82. The van der Waals surface area contributed by atoms with Crippen LogP contribution < -0.4 is 10.6 Å². The van der Waals surface area contributed by atoms with Crippen LogP contribution in [0.25, 0.3) is 0 Å². The van der Waals surface area contributed by atoms with E-state index in [0.29, 0.717) is 19.4 Å². The summed E-state index contributed by atoms with van der Waals surface area (Å²) in [4.78, 5) is 24.9. The number of carbonyl (C=O) groups excluding carboxylic acids is 2. The molecule has 5 heteroatoms. The lowest BCUT2D eigenvalue weighted by Gasteiger charge is -2.23. The fourth-order valence-corrected chi connectivity index (χ4v) is 4.76. The van der Waals surface area contributed by atoms with E-state index in [1.807, 2.05) is 24.8 Å². The monoisotopic (exact) mass is 346 g/mol. The van der Waals surface area contributed by atoms with Gasteiger partial charge in [0.05, 0.1) is 5.92 Å². The third-order valence-electron chi connectivity index (χ3n) is 4.95. The van der Waals surface area contributed by atoms with Gasteiger partial charge >= 0.3 is 0 Å². The molecule has 1 saturated carbocycles. The number of hydrogen-bond donors (Lipinski definition) is 2. The van der Waals surface area contributed by atoms with Crippen molar-refractivity contribution in [2.45, 2.75) is 62.0 Å². The largest absolute Gasteiger partial charge is 0.355 e. The predicted molar refractivity (Wildman–Crippen MR) is 98.3 cm³/mol. The minimum absolute atomic E-state index is 0.00536. The molecule has 1 aromatic rings. The highest BCUT2D eigenvalue weighted by molar-refractivity contribution is 8.00. The van der Waals surface area contributed by atoms with Gasteiger partial charge in [-0.05, 0) is 49.9 Å². The molecule has 24 heavy (non-hydrogen) atoms. The second kappa shape index (κ2) is 8.06. The number of anilines is 1. The van der Waals surface area contributed by atoms with Crippen molar-refractivity contribution in [3.05, 3.63) is 23.8 Å². The first-order valence-electron chi connectivity index (χ1n) is 8.96. The summed E-state index contributed by atoms with van der Waals surface area (Å²) in [6.45, 7) is 2.49. The SMILES string of the molecule is Cc1cc(SC2CCCCC2)ccc1NC(=O)[C@H]1CCC(=O)NC1. The first kappa shape index (κ1) is 17.3. The summed E-state index contributed by atoms with van der Waals surface area (Å²) in [6.07, 6.45) is 7.78. The lowest BCUT2D eigenvalue weighted by Crippen LogP contribution is -2.40. The third kappa shape index (κ3) is 4.53. The molecular formula is C19H26N2O2S. The van der Waals surface area contributed by atoms with E-state index in [4.69, 9.17) is 0 Å². The third-order valence-corrected chi connectivity index (χ3v) is 6.28. The Morgan fingerprint density at radius 1 is 1.21 bits per heavy atom. The average molecular weight is 346 g/mol. The molecule has 1 saturated heterocycles. The first-order valence-corrected chi connectivity index (χ1v) is 9.84. The molecule has 1 aromatic carbocycles. The van der Waals surface area contributed by atoms with Crippen LogP contribution in [0.5, 0.6) is 0 Å². The van der Waals surface area contributed by atoms with Crippen LogP contribution in [-0.4, -0.2) is 23.6 Å². The fourth-order valence-electron chi connectivity index (χ4n) is 3.42. The summed E-state index contributed by atoms with van der Waals surface area (Å²) < 4.78 is 0. The second-order valence-electron chi connectivity index (χ2n) is 6.88. The molecule has 0 unspecified atom stereocenters. The maximum Gasteiger partial charge on any atom is 0.229 e. The van der Waals surface area contributed by atoms with E-state index in [0.717, 1.165) is 16.5 Å². The van der Waals surface area contributed by atoms with E-state index < -0.39 is 0 Å². The van der Waals surface area contributed by atoms with Gasteiger partial charge in [-0.3, -0.25) is 9.59 Å². The van der Waals surface area contributed by atoms with Crippen molar-refractivity contribution >= 4 is 29.3 Å². The minimum atomic E-state index is -0.126. The molecule has 1 atom stereocenters. The van der Waals surface area contributed by atoms with E-state index >= 15 is 0 Å². The molecule has 2 aliphatic rings. The van der Waals surface area contributed by atoms with Crippen LogP contribution >= 0.6 is 11.8 Å². The van der Waals surface area contributed by atoms with Crippen molar-refractivity contribution in [3.8, 4) is 0 Å². The van der Waals surface area contributed by atoms with Gasteiger partial charge in [-0.25, -0.2) is 0 Å². The fraction of sp³-hybridized carbons (Fsp3) is 0.579. The number of nitrogens with one attached hydrogen (secondary N) is 2. The number of carbonyl (C=O) groups is 2. The maximum atomic E-state index is 12.4. The van der Waals surface area contributed by atoms with Gasteiger partial charge in [0.25, 0.3) is 0 Å². The highest BCUT2D eigenvalue weighted by atomic mass is 32.2. The van der Waals surface area contributed by atoms with Crippen LogP contribution in [0.15, 0.2) is 23.1 Å². The molecule has 2 N–H and O–H groups in total. The zero-order valence-corrected chi connectivity index (χ0v) is 15.1. The molecule has 1 heterocycles. The van der Waals surface area contributed by atoms with Gasteiger partial charge in [-0.15, -0.1) is 11.8 Å². The van der Waals surface area contributed by atoms with E-state index in [1.54, 1.807) is 0 Å². The summed E-state index contributed by atoms with van der Waals surface area (Å²) in [6, 6.07) is 6.31. The van der Waals surface area contributed by atoms with Crippen LogP contribution in [0, 0.1) is 12.8 Å². The quantitative estimate of drug-likeness (QED) is 0.870. The molecule has 1 aliphatic carbocycles. The van der Waals surface area contributed by atoms with Gasteiger partial charge in [0.1, 0.15) is 0 Å². The van der Waals surface area contributed by atoms with E-state index in [-0.39, 0.29) is 17.7 Å². The maximum absolute atomic E-state index is 12.4. The van der Waals surface area contributed by atoms with E-state index in [1.165, 1.54) is 37.0 Å². The average Bonchev–Trinajstić information content (AvgIpc) is 2.59. The summed E-state index contributed by atoms with van der Waals surface area (Å²) in [5, 5.41) is 6.53. The van der Waals surface area contributed by atoms with Gasteiger partial charge in [0, 0.05) is 28.8 Å². The van der Waals surface area contributed by atoms with E-state index in [2.05, 4.69) is 22.8 Å². The normalized spacial score (nSPS) is 22.0. The van der Waals surface area contributed by atoms with Crippen LogP contribution in [0.1, 0.15) is 50.5 Å². The zero-order chi connectivity index (χ0) is 16.9. The molecule has 4 nitrogen and oxygen atoms in total. The van der Waals surface area contributed by atoms with Crippen LogP contribution in [0.2, 0.25) is 0 Å². The van der Waals surface area contributed by atoms with Crippen LogP contribution in [0.3, 0.4) is 0 Å². The van der Waals surface area contributed by atoms with Gasteiger partial charge in [-0.1, -0.05) is 19.3 Å². The summed E-state index contributed by atoms with van der Waals surface area (Å²) >= 11 is 1.97. The second-order valence-corrected chi connectivity index (χ2v) is 8.26. The number of amides is 2. The molecule has 0 spiro atoms. The zero-order valence-electron chi connectivity index (χ0n) is 14.3. The molecule has 2 fully saturated rings. The summed E-state index contributed by atoms with van der Waals surface area (Å²) in [5.74, 6) is -0.0801. The number of thioether (sulfide) groups is 1. The molecule has 0 bridgehead atoms. The van der Waals surface area contributed by atoms with Crippen LogP contribution in [0.4, 0.5) is 5.69 Å². The lowest BCUT2D eigenvalue weighted by molar-refractivity contribution is -0.126. The van der Waals surface area contributed by atoms with Crippen molar-refractivity contribution in [2.75, 3.05) is 11.9 Å². The van der Waals surface area contributed by atoms with Crippen molar-refractivity contribution in [2.24, 2.45) is 5.92 Å². The Balaban J connectivity index is 1.58. The van der Waals surface area contributed by atoms with Crippen molar-refractivity contribution < 1.29 is 9.59 Å². The number of piperidine rings is 1. The molecule has 1 aliphatic heterocycles. The number of benzene rings is 1. The highest BCUT2D eigenvalue weighted by Gasteiger charge is 2.24. The predicted octanol–water partition coefficient (Wildman–Crippen LogP) is 3.88. The molecule has 130 valence electrons. The summed E-state index contributed by atoms with van der Waals surface area (Å²) in [5.41, 5.74) is 1.98. The Hall–Kier alpha value is -1.49. The van der Waals surface area contributed by atoms with Gasteiger partial charge in [-0.2, -0.15) is 0 Å². The molecule has 0 aromatic heterocycles. The van der Waals surface area contributed by atoms with Gasteiger partial charge in [0.15, 0.2) is 0 Å². The minimum Gasteiger partial charge on any atom is -0.355 e. The smallest absolute Gasteiger partial charge is 0.229 e. The van der Waals surface area contributed by atoms with Crippen molar-refractivity contribution in [3.63, 3.8) is 0 Å². The molecule has 3 rings (SSSR count). The standard InChI is InChI=1S/C19H26N2O2S/c1-13-11-16(24-15-5-3-2-4-6-15)8-9-17(13)21-19(23)14-7-10-18(22)20-12-14/h8-9,11,14-15H,2-7,10,12H2,1H3,(H,20,22)(H,21,23)/t14-/m0/s1. The molecular weight excluding hydrogens is 320 g/mol. The number of rotatable bonds is 4. The summed E-state index contributed by atoms with van der Waals surface area (Å²) in [7, 11) is 0. The van der Waals surface area contributed by atoms with Crippen molar-refractivity contribution in [1.82, 2.24) is 5.32 Å². The van der Waals surface area contributed by atoms with E-state index in [9.17, 15) is 9.59 Å². The first-order chi connectivity index (χ1) is 11.6. The van der Waals surface area contributed by atoms with Crippen LogP contribution in [-0.2, 0) is 9.59 Å². The van der Waals surface area contributed by atoms with Crippen molar-refractivity contribution in [1.29, 1.82) is 0 Å². The number of hydrogen-bond acceptors (Lipinski definition) is 3. The lowest BCUT2D eigenvalue weighted by atomic mass is 9.98. The van der Waals surface area contributed by atoms with Gasteiger partial charge < -0.3 is 10.6 Å². The highest BCUT2D eigenvalue weighted by Crippen LogP contribution is 2.35. The Labute approximate surface area is 148 Å². The molecule has 0 radical (unpaired) electrons. The Morgan fingerprint density at radius 3 is 2.67 bits per heavy atom. The topological polar surface area (TPSA) is 58.2 Å². The number of aryl methyl sites for hydroxylation is 1. The van der Waals surface area contributed by atoms with Gasteiger partial charge in [0.2, 0.25) is 11.8 Å². The Bertz CT molecular complexity index is 601. The Morgan fingerprint density at radius 2 is 2.00 bits per heavy atom. The molecule has 2 amide bonds.